The fourth-order valence-corrected chi connectivity index (χ4v) is 2.80. The number of aromatic amines is 1. The highest BCUT2D eigenvalue weighted by Gasteiger charge is 2.26. The number of aromatic nitrogens is 2. The van der Waals surface area contributed by atoms with Crippen LogP contribution in [0.5, 0.6) is 0 Å². The maximum atomic E-state index is 12.4. The summed E-state index contributed by atoms with van der Waals surface area (Å²) in [6, 6.07) is 10.3. The lowest BCUT2D eigenvalue weighted by Gasteiger charge is -2.12. The third kappa shape index (κ3) is 4.01. The molecule has 3 rings (SSSR count). The number of benzene rings is 1. The molecule has 0 saturated heterocycles. The molecule has 1 fully saturated rings. The van der Waals surface area contributed by atoms with Crippen molar-refractivity contribution in [3.63, 3.8) is 0 Å². The van der Waals surface area contributed by atoms with Gasteiger partial charge in [0.1, 0.15) is 0 Å². The molecule has 1 aliphatic rings. The smallest absolute Gasteiger partial charge is 0.232 e. The molecule has 0 bridgehead atoms. The number of nitrogens with one attached hydrogen (secondary N) is 2. The predicted molar refractivity (Wildman–Crippen MR) is 92.6 cm³/mol. The second kappa shape index (κ2) is 6.57. The van der Waals surface area contributed by atoms with E-state index in [1.165, 1.54) is 18.4 Å². The van der Waals surface area contributed by atoms with E-state index in [1.807, 2.05) is 13.0 Å². The summed E-state index contributed by atoms with van der Waals surface area (Å²) in [4.78, 5) is 12.4. The van der Waals surface area contributed by atoms with Gasteiger partial charge in [-0.1, -0.05) is 38.1 Å². The van der Waals surface area contributed by atoms with Gasteiger partial charge in [-0.05, 0) is 43.2 Å². The maximum absolute atomic E-state index is 12.4. The molecule has 23 heavy (non-hydrogen) atoms. The monoisotopic (exact) mass is 311 g/mol. The molecule has 0 spiro atoms. The van der Waals surface area contributed by atoms with Crippen LogP contribution in [0.1, 0.15) is 62.3 Å². The van der Waals surface area contributed by atoms with Crippen LogP contribution in [-0.2, 0) is 11.2 Å². The molecule has 2 N–H and O–H groups in total. The van der Waals surface area contributed by atoms with Crippen molar-refractivity contribution in [2.75, 3.05) is 5.32 Å². The fourth-order valence-electron chi connectivity index (χ4n) is 2.80. The first-order valence-corrected chi connectivity index (χ1v) is 8.48. The Labute approximate surface area is 137 Å². The van der Waals surface area contributed by atoms with E-state index in [0.29, 0.717) is 17.7 Å². The van der Waals surface area contributed by atoms with Crippen molar-refractivity contribution < 1.29 is 4.79 Å². The predicted octanol–water partition coefficient (Wildman–Crippen LogP) is 4.23. The Balaban J connectivity index is 1.61. The van der Waals surface area contributed by atoms with Crippen LogP contribution in [0.25, 0.3) is 0 Å². The summed E-state index contributed by atoms with van der Waals surface area (Å²) in [7, 11) is 0. The molecule has 4 heteroatoms. The van der Waals surface area contributed by atoms with E-state index in [9.17, 15) is 4.79 Å². The normalized spacial score (nSPS) is 15.7. The van der Waals surface area contributed by atoms with Gasteiger partial charge in [-0.15, -0.1) is 0 Å². The molecule has 1 aromatic heterocycles. The number of hydrogen-bond donors (Lipinski definition) is 2. The number of anilines is 1. The van der Waals surface area contributed by atoms with E-state index < -0.39 is 0 Å². The van der Waals surface area contributed by atoms with E-state index in [4.69, 9.17) is 0 Å². The molecule has 1 heterocycles. The third-order valence-corrected chi connectivity index (χ3v) is 4.38. The second-order valence-electron chi connectivity index (χ2n) is 7.03. The second-order valence-corrected chi connectivity index (χ2v) is 7.03. The van der Waals surface area contributed by atoms with Gasteiger partial charge in [0.25, 0.3) is 0 Å². The summed E-state index contributed by atoms with van der Waals surface area (Å²) in [5.41, 5.74) is 3.48. The largest absolute Gasteiger partial charge is 0.309 e. The Kier molecular flexibility index (Phi) is 4.51. The molecule has 1 atom stereocenters. The lowest BCUT2D eigenvalue weighted by atomic mass is 9.96. The first-order valence-electron chi connectivity index (χ1n) is 8.48. The Morgan fingerprint density at radius 1 is 1.26 bits per heavy atom. The number of amides is 1. The zero-order valence-corrected chi connectivity index (χ0v) is 14.1. The zero-order valence-electron chi connectivity index (χ0n) is 14.1. The van der Waals surface area contributed by atoms with E-state index in [2.05, 4.69) is 53.6 Å². The van der Waals surface area contributed by atoms with Crippen molar-refractivity contribution in [1.29, 1.82) is 0 Å². The molecule has 1 saturated carbocycles. The molecule has 0 aliphatic heterocycles. The Morgan fingerprint density at radius 2 is 1.96 bits per heavy atom. The highest BCUT2D eigenvalue weighted by atomic mass is 16.1. The average molecular weight is 311 g/mol. The van der Waals surface area contributed by atoms with Crippen LogP contribution < -0.4 is 5.32 Å². The van der Waals surface area contributed by atoms with Crippen molar-refractivity contribution in [2.45, 2.75) is 51.9 Å². The van der Waals surface area contributed by atoms with Crippen LogP contribution >= 0.6 is 0 Å². The fraction of sp³-hybridized carbons (Fsp3) is 0.474. The van der Waals surface area contributed by atoms with Crippen molar-refractivity contribution in [1.82, 2.24) is 10.2 Å². The van der Waals surface area contributed by atoms with Gasteiger partial charge in [0.05, 0.1) is 5.92 Å². The zero-order chi connectivity index (χ0) is 16.4. The van der Waals surface area contributed by atoms with Gasteiger partial charge in [0, 0.05) is 17.7 Å². The van der Waals surface area contributed by atoms with Gasteiger partial charge in [0.2, 0.25) is 5.91 Å². The van der Waals surface area contributed by atoms with Crippen molar-refractivity contribution in [3.05, 3.63) is 47.2 Å². The molecule has 1 aliphatic carbocycles. The quantitative estimate of drug-likeness (QED) is 0.839. The van der Waals surface area contributed by atoms with Gasteiger partial charge in [-0.2, -0.15) is 5.10 Å². The highest BCUT2D eigenvalue weighted by Crippen LogP contribution is 2.39. The standard InChI is InChI=1S/C19H25N3O/c1-12(2)10-14-4-6-15(7-5-14)13(3)19(23)20-18-11-17(21-22-18)16-8-9-16/h4-7,11-13,16H,8-10H2,1-3H3,(H2,20,21,22,23). The lowest BCUT2D eigenvalue weighted by molar-refractivity contribution is -0.117. The molecule has 1 aromatic carbocycles. The van der Waals surface area contributed by atoms with Crippen LogP contribution in [0, 0.1) is 5.92 Å². The average Bonchev–Trinajstić information content (AvgIpc) is 3.27. The number of carbonyl (C=O) groups is 1. The summed E-state index contributed by atoms with van der Waals surface area (Å²) < 4.78 is 0. The molecule has 0 radical (unpaired) electrons. The van der Waals surface area contributed by atoms with E-state index in [1.54, 1.807) is 0 Å². The molecule has 2 aromatic rings. The number of H-pyrrole nitrogens is 1. The Bertz CT molecular complexity index is 668. The number of carbonyl (C=O) groups excluding carboxylic acids is 1. The third-order valence-electron chi connectivity index (χ3n) is 4.38. The Hall–Kier alpha value is -2.10. The van der Waals surface area contributed by atoms with E-state index >= 15 is 0 Å². The van der Waals surface area contributed by atoms with Crippen LogP contribution in [0.3, 0.4) is 0 Å². The topological polar surface area (TPSA) is 57.8 Å². The molecule has 4 nitrogen and oxygen atoms in total. The van der Waals surface area contributed by atoms with Gasteiger partial charge >= 0.3 is 0 Å². The van der Waals surface area contributed by atoms with Crippen LogP contribution in [-0.4, -0.2) is 16.1 Å². The SMILES string of the molecule is CC(C)Cc1ccc(C(C)C(=O)Nc2cc(C3CC3)[nH]n2)cc1. The van der Waals surface area contributed by atoms with Crippen LogP contribution in [0.2, 0.25) is 0 Å². The molecular weight excluding hydrogens is 286 g/mol. The van der Waals surface area contributed by atoms with Crippen LogP contribution in [0.15, 0.2) is 30.3 Å². The summed E-state index contributed by atoms with van der Waals surface area (Å²) in [5.74, 6) is 1.67. The van der Waals surface area contributed by atoms with Crippen molar-refractivity contribution >= 4 is 11.7 Å². The summed E-state index contributed by atoms with van der Waals surface area (Å²) in [5, 5.41) is 10.1. The number of rotatable bonds is 6. The summed E-state index contributed by atoms with van der Waals surface area (Å²) in [6.07, 6.45) is 3.50. The minimum absolute atomic E-state index is 0.0181. The first kappa shape index (κ1) is 15.8. The molecule has 122 valence electrons. The highest BCUT2D eigenvalue weighted by molar-refractivity contribution is 5.94. The van der Waals surface area contributed by atoms with Gasteiger partial charge in [-0.3, -0.25) is 9.89 Å². The number of nitrogens with zero attached hydrogens (tertiary/aromatic N) is 1. The minimum Gasteiger partial charge on any atom is -0.309 e. The van der Waals surface area contributed by atoms with Gasteiger partial charge in [-0.25, -0.2) is 0 Å². The summed E-state index contributed by atoms with van der Waals surface area (Å²) >= 11 is 0. The molecule has 1 unspecified atom stereocenters. The molecular formula is C19H25N3O. The first-order chi connectivity index (χ1) is 11.0. The van der Waals surface area contributed by atoms with E-state index in [-0.39, 0.29) is 11.8 Å². The minimum atomic E-state index is -0.191. The summed E-state index contributed by atoms with van der Waals surface area (Å²) in [6.45, 7) is 6.36. The number of hydrogen-bond acceptors (Lipinski definition) is 2. The lowest BCUT2D eigenvalue weighted by Crippen LogP contribution is -2.19. The van der Waals surface area contributed by atoms with Gasteiger partial charge < -0.3 is 5.32 Å². The van der Waals surface area contributed by atoms with Crippen molar-refractivity contribution in [2.24, 2.45) is 5.92 Å². The maximum Gasteiger partial charge on any atom is 0.232 e. The Morgan fingerprint density at radius 3 is 2.57 bits per heavy atom. The van der Waals surface area contributed by atoms with E-state index in [0.717, 1.165) is 17.7 Å². The molecule has 1 amide bonds. The van der Waals surface area contributed by atoms with Gasteiger partial charge in [0.15, 0.2) is 5.82 Å². The van der Waals surface area contributed by atoms with Crippen molar-refractivity contribution in [3.8, 4) is 0 Å². The van der Waals surface area contributed by atoms with Crippen LogP contribution in [0.4, 0.5) is 5.82 Å².